The van der Waals surface area contributed by atoms with Crippen LogP contribution in [0, 0.1) is 5.82 Å². The quantitative estimate of drug-likeness (QED) is 0.815. The Morgan fingerprint density at radius 3 is 3.00 bits per heavy atom. The summed E-state index contributed by atoms with van der Waals surface area (Å²) in [5.41, 5.74) is 0.716. The van der Waals surface area contributed by atoms with E-state index in [2.05, 4.69) is 26.9 Å². The number of rotatable bonds is 6. The van der Waals surface area contributed by atoms with Gasteiger partial charge < -0.3 is 9.84 Å². The molecule has 1 aliphatic rings. The summed E-state index contributed by atoms with van der Waals surface area (Å²) < 4.78 is 18.4. The first kappa shape index (κ1) is 17.3. The van der Waals surface area contributed by atoms with Crippen molar-refractivity contribution in [1.82, 2.24) is 20.4 Å². The molecule has 0 radical (unpaired) electrons. The van der Waals surface area contributed by atoms with Gasteiger partial charge in [0.05, 0.1) is 12.5 Å². The van der Waals surface area contributed by atoms with Crippen LogP contribution >= 0.6 is 0 Å². The number of nitrogens with zero attached hydrogens (tertiary/aromatic N) is 3. The van der Waals surface area contributed by atoms with E-state index in [-0.39, 0.29) is 17.6 Å². The van der Waals surface area contributed by atoms with Gasteiger partial charge in [-0.2, -0.15) is 4.98 Å². The fourth-order valence-corrected chi connectivity index (χ4v) is 2.96. The third-order valence-corrected chi connectivity index (χ3v) is 4.21. The standard InChI is InChI=1S/C18H21FN4O2/c1-2-9-20-16(24)12-23-10-3-4-14(11-23)18-21-17(22-25-18)13-5-7-15(19)8-6-13/h2,5-8,14H,1,3-4,9-12H2,(H,20,24). The zero-order valence-corrected chi connectivity index (χ0v) is 13.9. The predicted molar refractivity (Wildman–Crippen MR) is 91.3 cm³/mol. The van der Waals surface area contributed by atoms with Crippen LogP contribution in [0.15, 0.2) is 41.4 Å². The zero-order valence-electron chi connectivity index (χ0n) is 13.9. The summed E-state index contributed by atoms with van der Waals surface area (Å²) in [6.45, 7) is 5.98. The number of likely N-dealkylation sites (tertiary alicyclic amines) is 1. The molecule has 0 aliphatic carbocycles. The maximum atomic E-state index is 13.0. The molecule has 132 valence electrons. The van der Waals surface area contributed by atoms with Gasteiger partial charge in [-0.05, 0) is 43.7 Å². The van der Waals surface area contributed by atoms with E-state index in [1.165, 1.54) is 12.1 Å². The van der Waals surface area contributed by atoms with Crippen LogP contribution in [0.25, 0.3) is 11.4 Å². The normalized spacial score (nSPS) is 18.0. The van der Waals surface area contributed by atoms with Crippen molar-refractivity contribution >= 4 is 5.91 Å². The lowest BCUT2D eigenvalue weighted by atomic mass is 9.98. The molecule has 1 amide bonds. The van der Waals surface area contributed by atoms with E-state index >= 15 is 0 Å². The highest BCUT2D eigenvalue weighted by Crippen LogP contribution is 2.27. The average Bonchev–Trinajstić information content (AvgIpc) is 3.11. The molecule has 1 aromatic carbocycles. The summed E-state index contributed by atoms with van der Waals surface area (Å²) >= 11 is 0. The summed E-state index contributed by atoms with van der Waals surface area (Å²) in [7, 11) is 0. The second-order valence-electron chi connectivity index (χ2n) is 6.13. The van der Waals surface area contributed by atoms with Crippen LogP contribution in [0.4, 0.5) is 4.39 Å². The molecule has 0 bridgehead atoms. The van der Waals surface area contributed by atoms with Gasteiger partial charge in [-0.25, -0.2) is 4.39 Å². The largest absolute Gasteiger partial charge is 0.352 e. The van der Waals surface area contributed by atoms with Crippen molar-refractivity contribution < 1.29 is 13.7 Å². The Balaban J connectivity index is 1.63. The van der Waals surface area contributed by atoms with E-state index in [9.17, 15) is 9.18 Å². The minimum absolute atomic E-state index is 0.0157. The van der Waals surface area contributed by atoms with E-state index in [1.807, 2.05) is 0 Å². The van der Waals surface area contributed by atoms with Crippen molar-refractivity contribution in [1.29, 1.82) is 0 Å². The summed E-state index contributed by atoms with van der Waals surface area (Å²) in [6.07, 6.45) is 3.57. The fourth-order valence-electron chi connectivity index (χ4n) is 2.96. The number of hydrogen-bond acceptors (Lipinski definition) is 5. The number of nitrogens with one attached hydrogen (secondary N) is 1. The van der Waals surface area contributed by atoms with Crippen molar-refractivity contribution in [3.63, 3.8) is 0 Å². The lowest BCUT2D eigenvalue weighted by Crippen LogP contribution is -2.42. The Morgan fingerprint density at radius 2 is 2.24 bits per heavy atom. The maximum absolute atomic E-state index is 13.0. The minimum atomic E-state index is -0.301. The summed E-state index contributed by atoms with van der Waals surface area (Å²) in [6, 6.07) is 5.99. The fraction of sp³-hybridized carbons (Fsp3) is 0.389. The number of halogens is 1. The lowest BCUT2D eigenvalue weighted by Gasteiger charge is -2.30. The van der Waals surface area contributed by atoms with Gasteiger partial charge in [-0.1, -0.05) is 11.2 Å². The SMILES string of the molecule is C=CCNC(=O)CN1CCCC(c2nc(-c3ccc(F)cc3)no2)C1. The summed E-state index contributed by atoms with van der Waals surface area (Å²) in [5.74, 6) is 0.803. The van der Waals surface area contributed by atoms with E-state index in [0.717, 1.165) is 19.4 Å². The molecular weight excluding hydrogens is 323 g/mol. The van der Waals surface area contributed by atoms with Gasteiger partial charge in [0.15, 0.2) is 0 Å². The number of piperidine rings is 1. The predicted octanol–water partition coefficient (Wildman–Crippen LogP) is 2.36. The van der Waals surface area contributed by atoms with Crippen LogP contribution < -0.4 is 5.32 Å². The van der Waals surface area contributed by atoms with Gasteiger partial charge in [0.1, 0.15) is 5.82 Å². The maximum Gasteiger partial charge on any atom is 0.234 e. The molecule has 1 aliphatic heterocycles. The van der Waals surface area contributed by atoms with Crippen molar-refractivity contribution in [2.24, 2.45) is 0 Å². The Kier molecular flexibility index (Phi) is 5.55. The van der Waals surface area contributed by atoms with Crippen LogP contribution in [0.3, 0.4) is 0 Å². The van der Waals surface area contributed by atoms with Gasteiger partial charge in [0.25, 0.3) is 0 Å². The van der Waals surface area contributed by atoms with Crippen LogP contribution in [0.5, 0.6) is 0 Å². The zero-order chi connectivity index (χ0) is 17.6. The molecule has 1 unspecified atom stereocenters. The van der Waals surface area contributed by atoms with Crippen LogP contribution in [-0.2, 0) is 4.79 Å². The Bertz CT molecular complexity index is 729. The van der Waals surface area contributed by atoms with E-state index < -0.39 is 0 Å². The molecule has 0 spiro atoms. The monoisotopic (exact) mass is 344 g/mol. The van der Waals surface area contributed by atoms with Gasteiger partial charge in [0.2, 0.25) is 17.6 Å². The molecule has 2 aromatic rings. The average molecular weight is 344 g/mol. The molecule has 1 atom stereocenters. The van der Waals surface area contributed by atoms with Crippen molar-refractivity contribution in [2.45, 2.75) is 18.8 Å². The van der Waals surface area contributed by atoms with Gasteiger partial charge >= 0.3 is 0 Å². The molecule has 2 heterocycles. The number of carbonyl (C=O) groups excluding carboxylic acids is 1. The molecular formula is C18H21FN4O2. The molecule has 6 nitrogen and oxygen atoms in total. The number of carbonyl (C=O) groups is 1. The van der Waals surface area contributed by atoms with Gasteiger partial charge in [-0.15, -0.1) is 6.58 Å². The van der Waals surface area contributed by atoms with Crippen molar-refractivity contribution in [3.8, 4) is 11.4 Å². The number of benzene rings is 1. The Hall–Kier alpha value is -2.54. The van der Waals surface area contributed by atoms with Crippen LogP contribution in [-0.4, -0.2) is 47.1 Å². The first-order valence-electron chi connectivity index (χ1n) is 8.35. The minimum Gasteiger partial charge on any atom is -0.352 e. The molecule has 1 saturated heterocycles. The second kappa shape index (κ2) is 8.02. The highest BCUT2D eigenvalue weighted by molar-refractivity contribution is 5.78. The van der Waals surface area contributed by atoms with Crippen molar-refractivity contribution in [3.05, 3.63) is 48.6 Å². The van der Waals surface area contributed by atoms with Crippen LogP contribution in [0.1, 0.15) is 24.7 Å². The first-order valence-corrected chi connectivity index (χ1v) is 8.35. The number of hydrogen-bond donors (Lipinski definition) is 1. The molecule has 1 N–H and O–H groups in total. The molecule has 3 rings (SSSR count). The number of amides is 1. The first-order chi connectivity index (χ1) is 12.2. The van der Waals surface area contributed by atoms with Crippen LogP contribution in [0.2, 0.25) is 0 Å². The summed E-state index contributed by atoms with van der Waals surface area (Å²) in [4.78, 5) is 18.4. The van der Waals surface area contributed by atoms with E-state index in [0.29, 0.717) is 36.9 Å². The Morgan fingerprint density at radius 1 is 1.44 bits per heavy atom. The van der Waals surface area contributed by atoms with Gasteiger partial charge in [0, 0.05) is 18.7 Å². The molecule has 7 heteroatoms. The highest BCUT2D eigenvalue weighted by atomic mass is 19.1. The lowest BCUT2D eigenvalue weighted by molar-refractivity contribution is -0.122. The highest BCUT2D eigenvalue weighted by Gasteiger charge is 2.27. The number of aromatic nitrogens is 2. The molecule has 0 saturated carbocycles. The van der Waals surface area contributed by atoms with E-state index in [4.69, 9.17) is 4.52 Å². The third-order valence-electron chi connectivity index (χ3n) is 4.21. The molecule has 1 fully saturated rings. The summed E-state index contributed by atoms with van der Waals surface area (Å²) in [5, 5.41) is 6.78. The molecule has 1 aromatic heterocycles. The molecule has 25 heavy (non-hydrogen) atoms. The topological polar surface area (TPSA) is 71.3 Å². The van der Waals surface area contributed by atoms with E-state index in [1.54, 1.807) is 18.2 Å². The van der Waals surface area contributed by atoms with Crippen molar-refractivity contribution in [2.75, 3.05) is 26.2 Å². The third kappa shape index (κ3) is 4.51. The smallest absolute Gasteiger partial charge is 0.234 e. The van der Waals surface area contributed by atoms with Gasteiger partial charge in [-0.3, -0.25) is 9.69 Å². The second-order valence-corrected chi connectivity index (χ2v) is 6.13. The Labute approximate surface area is 145 Å².